The van der Waals surface area contributed by atoms with Crippen molar-refractivity contribution in [1.29, 1.82) is 0 Å². The Bertz CT molecular complexity index is 58.1. The van der Waals surface area contributed by atoms with Crippen molar-refractivity contribution >= 4 is 0 Å². The minimum absolute atomic E-state index is 1.14. The monoisotopic (exact) mass is 96.1 g/mol. The standard InChI is InChI=1S/C5H6.C2H6/c1-2-4-5-3-1;1-2/h1-4H,5H2;1-2H3. The number of hydrogen-bond acceptors (Lipinski definition) is 0. The van der Waals surface area contributed by atoms with Crippen molar-refractivity contribution in [3.8, 4) is 0 Å². The zero-order valence-corrected chi connectivity index (χ0v) is 5.02. The van der Waals surface area contributed by atoms with Crippen LogP contribution in [0, 0.1) is 0 Å². The molecule has 0 radical (unpaired) electrons. The summed E-state index contributed by atoms with van der Waals surface area (Å²) in [5, 5.41) is 0. The lowest BCUT2D eigenvalue weighted by atomic mass is 10.5. The van der Waals surface area contributed by atoms with Gasteiger partial charge in [0.25, 0.3) is 0 Å². The van der Waals surface area contributed by atoms with Gasteiger partial charge >= 0.3 is 0 Å². The maximum atomic E-state index is 2.12. The number of rotatable bonds is 0. The second-order valence-electron chi connectivity index (χ2n) is 1.09. The Morgan fingerprint density at radius 2 is 1.43 bits per heavy atom. The summed E-state index contributed by atoms with van der Waals surface area (Å²) in [5.41, 5.74) is 0. The van der Waals surface area contributed by atoms with Crippen LogP contribution >= 0.6 is 0 Å². The quantitative estimate of drug-likeness (QED) is 0.434. The van der Waals surface area contributed by atoms with Gasteiger partial charge in [-0.3, -0.25) is 0 Å². The molecule has 0 atom stereocenters. The van der Waals surface area contributed by atoms with Gasteiger partial charge in [0.1, 0.15) is 0 Å². The van der Waals surface area contributed by atoms with E-state index in [1.54, 1.807) is 0 Å². The van der Waals surface area contributed by atoms with Crippen molar-refractivity contribution in [2.45, 2.75) is 20.3 Å². The number of hydrogen-bond donors (Lipinski definition) is 0. The molecule has 0 spiro atoms. The van der Waals surface area contributed by atoms with Crippen LogP contribution in [0.15, 0.2) is 24.3 Å². The van der Waals surface area contributed by atoms with Crippen molar-refractivity contribution < 1.29 is 0 Å². The van der Waals surface area contributed by atoms with Crippen LogP contribution in [0.1, 0.15) is 20.3 Å². The minimum atomic E-state index is 1.14. The summed E-state index contributed by atoms with van der Waals surface area (Å²) in [6.07, 6.45) is 9.50. The zero-order valence-electron chi connectivity index (χ0n) is 5.02. The molecule has 0 heterocycles. The van der Waals surface area contributed by atoms with Crippen LogP contribution in [-0.4, -0.2) is 0 Å². The van der Waals surface area contributed by atoms with Crippen LogP contribution < -0.4 is 0 Å². The van der Waals surface area contributed by atoms with Crippen LogP contribution in [0.4, 0.5) is 0 Å². The van der Waals surface area contributed by atoms with Gasteiger partial charge in [0.15, 0.2) is 0 Å². The Kier molecular flexibility index (Phi) is 5.07. The molecule has 0 aromatic heterocycles. The highest BCUT2D eigenvalue weighted by molar-refractivity contribution is 5.11. The average Bonchev–Trinajstić information content (AvgIpc) is 2.23. The Morgan fingerprint density at radius 3 is 1.57 bits per heavy atom. The van der Waals surface area contributed by atoms with Gasteiger partial charge in [0, 0.05) is 0 Å². The van der Waals surface area contributed by atoms with E-state index < -0.39 is 0 Å². The van der Waals surface area contributed by atoms with Gasteiger partial charge in [-0.1, -0.05) is 38.2 Å². The third-order valence-electron chi connectivity index (χ3n) is 0.655. The van der Waals surface area contributed by atoms with Crippen molar-refractivity contribution in [3.05, 3.63) is 24.3 Å². The van der Waals surface area contributed by atoms with Crippen LogP contribution in [0.5, 0.6) is 0 Å². The molecule has 0 bridgehead atoms. The van der Waals surface area contributed by atoms with Gasteiger partial charge in [-0.25, -0.2) is 0 Å². The first-order valence-corrected chi connectivity index (χ1v) is 2.82. The highest BCUT2D eigenvalue weighted by atomic mass is 13.8. The predicted molar refractivity (Wildman–Crippen MR) is 34.2 cm³/mol. The van der Waals surface area contributed by atoms with E-state index in [2.05, 4.69) is 24.3 Å². The van der Waals surface area contributed by atoms with E-state index in [4.69, 9.17) is 0 Å². The molecule has 40 valence electrons. The fourth-order valence-electron chi connectivity index (χ4n) is 0.393. The third kappa shape index (κ3) is 3.31. The van der Waals surface area contributed by atoms with E-state index in [1.807, 2.05) is 13.8 Å². The first-order valence-electron chi connectivity index (χ1n) is 2.82. The molecule has 0 N–H and O–H groups in total. The highest BCUT2D eigenvalue weighted by Crippen LogP contribution is 1.93. The molecule has 0 saturated heterocycles. The summed E-state index contributed by atoms with van der Waals surface area (Å²) < 4.78 is 0. The van der Waals surface area contributed by atoms with E-state index >= 15 is 0 Å². The fraction of sp³-hybridized carbons (Fsp3) is 0.429. The topological polar surface area (TPSA) is 0 Å². The molecule has 0 nitrogen and oxygen atoms in total. The Hall–Kier alpha value is -0.520. The summed E-state index contributed by atoms with van der Waals surface area (Å²) in [7, 11) is 0. The summed E-state index contributed by atoms with van der Waals surface area (Å²) >= 11 is 0. The molecule has 0 amide bonds. The van der Waals surface area contributed by atoms with Crippen molar-refractivity contribution in [2.75, 3.05) is 0 Å². The molecule has 0 saturated carbocycles. The summed E-state index contributed by atoms with van der Waals surface area (Å²) in [6.45, 7) is 4.00. The van der Waals surface area contributed by atoms with Gasteiger partial charge in [0.2, 0.25) is 0 Å². The highest BCUT2D eigenvalue weighted by Gasteiger charge is 1.72. The molecule has 0 aromatic rings. The van der Waals surface area contributed by atoms with Crippen molar-refractivity contribution in [1.82, 2.24) is 0 Å². The van der Waals surface area contributed by atoms with E-state index in [1.165, 1.54) is 0 Å². The lowest BCUT2D eigenvalue weighted by Crippen LogP contribution is -1.37. The lowest BCUT2D eigenvalue weighted by Gasteiger charge is -1.57. The van der Waals surface area contributed by atoms with Crippen molar-refractivity contribution in [3.63, 3.8) is 0 Å². The molecule has 0 aromatic carbocycles. The Labute approximate surface area is 45.5 Å². The third-order valence-corrected chi connectivity index (χ3v) is 0.655. The van der Waals surface area contributed by atoms with Crippen LogP contribution in [0.2, 0.25) is 0 Å². The van der Waals surface area contributed by atoms with Gasteiger partial charge < -0.3 is 0 Å². The molecule has 1 aliphatic rings. The van der Waals surface area contributed by atoms with Gasteiger partial charge in [-0.05, 0) is 6.42 Å². The molecular formula is C7H12. The maximum absolute atomic E-state index is 2.12. The van der Waals surface area contributed by atoms with Crippen LogP contribution in [0.25, 0.3) is 0 Å². The van der Waals surface area contributed by atoms with Crippen LogP contribution in [-0.2, 0) is 0 Å². The molecule has 0 heteroatoms. The SMILES string of the molecule is C1=CCC=C1.CC. The van der Waals surface area contributed by atoms with Crippen molar-refractivity contribution in [2.24, 2.45) is 0 Å². The molecule has 7 heavy (non-hydrogen) atoms. The fourth-order valence-corrected chi connectivity index (χ4v) is 0.393. The largest absolute Gasteiger partial charge is 0.0808 e. The summed E-state index contributed by atoms with van der Waals surface area (Å²) in [5.74, 6) is 0. The first kappa shape index (κ1) is 6.48. The molecule has 1 aliphatic carbocycles. The summed E-state index contributed by atoms with van der Waals surface area (Å²) in [4.78, 5) is 0. The molecule has 0 unspecified atom stereocenters. The lowest BCUT2D eigenvalue weighted by molar-refractivity contribution is 1.45. The second-order valence-corrected chi connectivity index (χ2v) is 1.09. The Morgan fingerprint density at radius 1 is 1.00 bits per heavy atom. The zero-order chi connectivity index (χ0) is 5.54. The van der Waals surface area contributed by atoms with Crippen LogP contribution in [0.3, 0.4) is 0 Å². The van der Waals surface area contributed by atoms with E-state index in [0.717, 1.165) is 6.42 Å². The molecule has 1 rings (SSSR count). The van der Waals surface area contributed by atoms with E-state index in [9.17, 15) is 0 Å². The van der Waals surface area contributed by atoms with Gasteiger partial charge in [-0.15, -0.1) is 0 Å². The predicted octanol–water partition coefficient (Wildman–Crippen LogP) is 2.53. The second kappa shape index (κ2) is 5.48. The number of allylic oxidation sites excluding steroid dienone is 4. The summed E-state index contributed by atoms with van der Waals surface area (Å²) in [6, 6.07) is 0. The average molecular weight is 96.2 g/mol. The minimum Gasteiger partial charge on any atom is -0.0808 e. The van der Waals surface area contributed by atoms with E-state index in [-0.39, 0.29) is 0 Å². The molecule has 0 aliphatic heterocycles. The van der Waals surface area contributed by atoms with Gasteiger partial charge in [0.05, 0.1) is 0 Å². The smallest absolute Gasteiger partial charge is 0.0163 e. The van der Waals surface area contributed by atoms with Gasteiger partial charge in [-0.2, -0.15) is 0 Å². The Balaban J connectivity index is 0.000000162. The molecule has 0 fully saturated rings. The van der Waals surface area contributed by atoms with E-state index in [0.29, 0.717) is 0 Å². The normalized spacial score (nSPS) is 13.4. The first-order chi connectivity index (χ1) is 3.50. The molecular weight excluding hydrogens is 84.1 g/mol. The maximum Gasteiger partial charge on any atom is -0.0163 e.